The largest absolute Gasteiger partial charge is 0.451 e. The number of anilines is 1. The predicted molar refractivity (Wildman–Crippen MR) is 174 cm³/mol. The number of amides is 2. The van der Waals surface area contributed by atoms with E-state index in [-0.39, 0.29) is 28.7 Å². The lowest BCUT2D eigenvalue weighted by Crippen LogP contribution is -2.37. The maximum Gasteiger partial charge on any atom is 0.287 e. The first-order valence-corrected chi connectivity index (χ1v) is 15.8. The molecule has 0 spiro atoms. The van der Waals surface area contributed by atoms with Crippen molar-refractivity contribution < 1.29 is 18.4 Å². The number of carbonyl (C=O) groups excluding carboxylic acids is 2. The molecule has 2 aliphatic rings. The van der Waals surface area contributed by atoms with Gasteiger partial charge in [0.25, 0.3) is 5.91 Å². The van der Waals surface area contributed by atoms with Gasteiger partial charge in [0.2, 0.25) is 5.91 Å². The van der Waals surface area contributed by atoms with Crippen LogP contribution >= 0.6 is 11.6 Å². The number of benzene rings is 3. The summed E-state index contributed by atoms with van der Waals surface area (Å²) < 4.78 is 19.4. The third-order valence-electron chi connectivity index (χ3n) is 8.56. The minimum atomic E-state index is -0.548. The number of rotatable bonds is 8. The fraction of sp³-hybridized carbons (Fsp3) is 0.306. The van der Waals surface area contributed by atoms with Gasteiger partial charge < -0.3 is 19.5 Å². The number of halogens is 2. The summed E-state index contributed by atoms with van der Waals surface area (Å²) in [6, 6.07) is 20.2. The van der Waals surface area contributed by atoms with Crippen LogP contribution in [0.4, 0.5) is 10.1 Å². The standard InChI is InChI=1S/C36H35ClFN3O4/c37-27-10-8-24(9-11-27)19-29(39-36(44)34-22-32(42)30-21-28(38)12-13-33(30)45-34)20-25-14-17-40(18-15-25)31-6-2-1-5-26(31)23-41-16-4-3-7-35(41)43/h1-2,5-6,8-13,20-22,29H,3-4,7,14-19,23H2,(H,39,44)/t29-/m0/s1. The van der Waals surface area contributed by atoms with Gasteiger partial charge in [0, 0.05) is 49.4 Å². The molecule has 0 bridgehead atoms. The summed E-state index contributed by atoms with van der Waals surface area (Å²) in [5.74, 6) is -0.969. The lowest BCUT2D eigenvalue weighted by atomic mass is 9.97. The Morgan fingerprint density at radius 1 is 0.956 bits per heavy atom. The maximum absolute atomic E-state index is 13.7. The van der Waals surface area contributed by atoms with E-state index in [0.717, 1.165) is 74.3 Å². The molecule has 0 radical (unpaired) electrons. The summed E-state index contributed by atoms with van der Waals surface area (Å²) in [5, 5.41) is 3.76. The first kappa shape index (κ1) is 30.6. The molecule has 7 nitrogen and oxygen atoms in total. The highest BCUT2D eigenvalue weighted by molar-refractivity contribution is 6.30. The second kappa shape index (κ2) is 13.7. The molecule has 0 aliphatic carbocycles. The molecule has 3 heterocycles. The van der Waals surface area contributed by atoms with Crippen molar-refractivity contribution in [3.63, 3.8) is 0 Å². The van der Waals surface area contributed by atoms with Crippen molar-refractivity contribution in [2.45, 2.75) is 51.1 Å². The first-order chi connectivity index (χ1) is 21.8. The average molecular weight is 628 g/mol. The number of piperidine rings is 2. The molecule has 2 fully saturated rings. The molecular weight excluding hydrogens is 593 g/mol. The van der Waals surface area contributed by atoms with Crippen molar-refractivity contribution in [2.24, 2.45) is 0 Å². The van der Waals surface area contributed by atoms with Crippen LogP contribution < -0.4 is 15.6 Å². The van der Waals surface area contributed by atoms with E-state index < -0.39 is 17.2 Å². The molecular formula is C36H35ClFN3O4. The summed E-state index contributed by atoms with van der Waals surface area (Å²) in [6.45, 7) is 3.06. The van der Waals surface area contributed by atoms with Crippen molar-refractivity contribution in [3.05, 3.63) is 122 Å². The van der Waals surface area contributed by atoms with Crippen LogP contribution in [0.15, 0.2) is 93.7 Å². The fourth-order valence-electron chi connectivity index (χ4n) is 6.18. The average Bonchev–Trinajstić information content (AvgIpc) is 3.04. The Morgan fingerprint density at radius 3 is 2.51 bits per heavy atom. The van der Waals surface area contributed by atoms with Gasteiger partial charge in [0.1, 0.15) is 11.4 Å². The molecule has 6 rings (SSSR count). The van der Waals surface area contributed by atoms with Crippen molar-refractivity contribution >= 4 is 40.1 Å². The van der Waals surface area contributed by atoms with Crippen LogP contribution in [0.1, 0.15) is 53.8 Å². The van der Waals surface area contributed by atoms with Crippen molar-refractivity contribution in [2.75, 3.05) is 24.5 Å². The van der Waals surface area contributed by atoms with Gasteiger partial charge in [-0.3, -0.25) is 14.4 Å². The van der Waals surface area contributed by atoms with Crippen molar-refractivity contribution in [1.82, 2.24) is 10.2 Å². The number of nitrogens with zero attached hydrogens (tertiary/aromatic N) is 2. The molecule has 4 aromatic rings. The minimum absolute atomic E-state index is 0.0854. The van der Waals surface area contributed by atoms with Crippen LogP contribution in [0.5, 0.6) is 0 Å². The zero-order valence-corrected chi connectivity index (χ0v) is 25.7. The van der Waals surface area contributed by atoms with Crippen LogP contribution in [0.3, 0.4) is 0 Å². The van der Waals surface area contributed by atoms with Crippen LogP contribution in [-0.2, 0) is 17.8 Å². The van der Waals surface area contributed by atoms with Crippen molar-refractivity contribution in [3.8, 4) is 0 Å². The summed E-state index contributed by atoms with van der Waals surface area (Å²) in [7, 11) is 0. The molecule has 1 aromatic heterocycles. The second-order valence-electron chi connectivity index (χ2n) is 11.7. The molecule has 45 heavy (non-hydrogen) atoms. The van der Waals surface area contributed by atoms with Gasteiger partial charge in [-0.25, -0.2) is 4.39 Å². The Bertz CT molecular complexity index is 1790. The van der Waals surface area contributed by atoms with E-state index in [1.165, 1.54) is 17.7 Å². The third-order valence-corrected chi connectivity index (χ3v) is 8.81. The SMILES string of the molecule is O=C(N[C@H](C=C1CCN(c2ccccc2CN2CCCCC2=O)CC1)Cc1ccc(Cl)cc1)c1cc(=O)c2cc(F)ccc2o1. The smallest absolute Gasteiger partial charge is 0.287 e. The fourth-order valence-corrected chi connectivity index (χ4v) is 6.31. The Hall–Kier alpha value is -4.43. The van der Waals surface area contributed by atoms with Crippen molar-refractivity contribution in [1.29, 1.82) is 0 Å². The molecule has 2 aliphatic heterocycles. The summed E-state index contributed by atoms with van der Waals surface area (Å²) in [4.78, 5) is 42.8. The molecule has 2 amide bonds. The molecule has 0 unspecified atom stereocenters. The Labute approximate surface area is 266 Å². The third kappa shape index (κ3) is 7.45. The molecule has 9 heteroatoms. The number of hydrogen-bond donors (Lipinski definition) is 1. The Morgan fingerprint density at radius 2 is 1.73 bits per heavy atom. The van der Waals surface area contributed by atoms with E-state index in [0.29, 0.717) is 24.4 Å². The molecule has 2 saturated heterocycles. The number of hydrogen-bond acceptors (Lipinski definition) is 5. The molecule has 232 valence electrons. The highest BCUT2D eigenvalue weighted by Crippen LogP contribution is 2.28. The van der Waals surface area contributed by atoms with E-state index in [4.69, 9.17) is 16.0 Å². The normalized spacial score (nSPS) is 16.1. The molecule has 1 atom stereocenters. The van der Waals surface area contributed by atoms with Gasteiger partial charge in [-0.05, 0) is 79.6 Å². The Kier molecular flexibility index (Phi) is 9.31. The number of nitrogens with one attached hydrogen (secondary N) is 1. The quantitative estimate of drug-likeness (QED) is 0.221. The van der Waals surface area contributed by atoms with E-state index in [2.05, 4.69) is 28.4 Å². The first-order valence-electron chi connectivity index (χ1n) is 15.4. The highest BCUT2D eigenvalue weighted by Gasteiger charge is 2.23. The minimum Gasteiger partial charge on any atom is -0.451 e. The van der Waals surface area contributed by atoms with Gasteiger partial charge in [0.05, 0.1) is 11.4 Å². The predicted octanol–water partition coefficient (Wildman–Crippen LogP) is 6.67. The number of para-hydroxylation sites is 1. The topological polar surface area (TPSA) is 82.9 Å². The maximum atomic E-state index is 13.7. The lowest BCUT2D eigenvalue weighted by molar-refractivity contribution is -0.133. The highest BCUT2D eigenvalue weighted by atomic mass is 35.5. The second-order valence-corrected chi connectivity index (χ2v) is 12.2. The van der Waals surface area contributed by atoms with Gasteiger partial charge in [-0.1, -0.05) is 53.6 Å². The van der Waals surface area contributed by atoms with Gasteiger partial charge in [-0.2, -0.15) is 0 Å². The number of carbonyl (C=O) groups is 2. The molecule has 3 aromatic carbocycles. The van der Waals surface area contributed by atoms with Gasteiger partial charge >= 0.3 is 0 Å². The zero-order chi connectivity index (χ0) is 31.3. The number of fused-ring (bicyclic) bond motifs is 1. The van der Waals surface area contributed by atoms with Crippen LogP contribution in [0.25, 0.3) is 11.0 Å². The van der Waals surface area contributed by atoms with Crippen LogP contribution in [-0.4, -0.2) is 42.4 Å². The zero-order valence-electron chi connectivity index (χ0n) is 24.9. The van der Waals surface area contributed by atoms with Crippen LogP contribution in [0, 0.1) is 5.82 Å². The summed E-state index contributed by atoms with van der Waals surface area (Å²) in [5.41, 5.74) is 4.21. The van der Waals surface area contributed by atoms with E-state index in [9.17, 15) is 18.8 Å². The van der Waals surface area contributed by atoms with Gasteiger partial charge in [-0.15, -0.1) is 0 Å². The molecule has 0 saturated carbocycles. The van der Waals surface area contributed by atoms with E-state index in [1.807, 2.05) is 41.3 Å². The van der Waals surface area contributed by atoms with Gasteiger partial charge in [0.15, 0.2) is 11.2 Å². The van der Waals surface area contributed by atoms with Crippen LogP contribution in [0.2, 0.25) is 5.02 Å². The Balaban J connectivity index is 1.18. The number of likely N-dealkylation sites (tertiary alicyclic amines) is 1. The van der Waals surface area contributed by atoms with E-state index in [1.54, 1.807) is 0 Å². The molecule has 1 N–H and O–H groups in total. The lowest BCUT2D eigenvalue weighted by Gasteiger charge is -2.34. The monoisotopic (exact) mass is 627 g/mol. The summed E-state index contributed by atoms with van der Waals surface area (Å²) in [6.07, 6.45) is 6.91. The van der Waals surface area contributed by atoms with E-state index >= 15 is 0 Å². The summed E-state index contributed by atoms with van der Waals surface area (Å²) >= 11 is 6.11.